The van der Waals surface area contributed by atoms with Crippen LogP contribution in [0.25, 0.3) is 21.7 Å². The number of nitrogens with one attached hydrogen (secondary N) is 1. The first-order valence-corrected chi connectivity index (χ1v) is 10.2. The highest BCUT2D eigenvalue weighted by atomic mass is 32.2. The van der Waals surface area contributed by atoms with E-state index < -0.39 is 18.5 Å². The van der Waals surface area contributed by atoms with Crippen molar-refractivity contribution in [2.75, 3.05) is 17.7 Å². The predicted molar refractivity (Wildman–Crippen MR) is 107 cm³/mol. The van der Waals surface area contributed by atoms with E-state index in [1.54, 1.807) is 12.1 Å². The van der Waals surface area contributed by atoms with Crippen molar-refractivity contribution in [1.82, 2.24) is 20.2 Å². The normalized spacial score (nSPS) is 10.8. The molecule has 0 atom stereocenters. The number of hydrogen-bond donors (Lipinski definition) is 1. The van der Waals surface area contributed by atoms with Crippen LogP contribution >= 0.6 is 23.1 Å². The van der Waals surface area contributed by atoms with Crippen LogP contribution in [0.5, 0.6) is 0 Å². The molecular formula is C18H13N5O4S2. The van der Waals surface area contributed by atoms with Crippen molar-refractivity contribution in [3.8, 4) is 11.5 Å². The van der Waals surface area contributed by atoms with Gasteiger partial charge in [0.25, 0.3) is 5.91 Å². The van der Waals surface area contributed by atoms with Crippen LogP contribution < -0.4 is 5.32 Å². The highest BCUT2D eigenvalue weighted by Crippen LogP contribution is 2.27. The van der Waals surface area contributed by atoms with Crippen molar-refractivity contribution in [2.24, 2.45) is 0 Å². The summed E-state index contributed by atoms with van der Waals surface area (Å²) < 4.78 is 10.4. The van der Waals surface area contributed by atoms with E-state index in [0.29, 0.717) is 5.03 Å². The van der Waals surface area contributed by atoms with Crippen LogP contribution in [-0.4, -0.2) is 44.4 Å². The minimum Gasteiger partial charge on any atom is -0.455 e. The molecule has 3 aromatic heterocycles. The molecule has 1 amide bonds. The van der Waals surface area contributed by atoms with Crippen LogP contribution in [0.3, 0.4) is 0 Å². The Kier molecular flexibility index (Phi) is 5.77. The monoisotopic (exact) mass is 427 g/mol. The molecule has 0 aliphatic heterocycles. The van der Waals surface area contributed by atoms with Crippen LogP contribution in [0, 0.1) is 0 Å². The minimum absolute atomic E-state index is 0.0218. The van der Waals surface area contributed by atoms with Crippen LogP contribution in [0.1, 0.15) is 0 Å². The second-order valence-electron chi connectivity index (χ2n) is 5.59. The molecule has 4 rings (SSSR count). The van der Waals surface area contributed by atoms with Crippen LogP contribution in [-0.2, 0) is 14.3 Å². The van der Waals surface area contributed by atoms with Gasteiger partial charge in [-0.15, -0.1) is 16.4 Å². The van der Waals surface area contributed by atoms with Gasteiger partial charge in [0.1, 0.15) is 16.2 Å². The van der Waals surface area contributed by atoms with E-state index in [0.717, 1.165) is 15.8 Å². The Hall–Kier alpha value is -3.31. The molecule has 0 unspecified atom stereocenters. The van der Waals surface area contributed by atoms with Crippen LogP contribution in [0.4, 0.5) is 6.01 Å². The summed E-state index contributed by atoms with van der Waals surface area (Å²) >= 11 is 2.73. The number of ether oxygens (including phenoxy) is 1. The summed E-state index contributed by atoms with van der Waals surface area (Å²) in [4.78, 5) is 33.0. The molecule has 1 aromatic carbocycles. The Labute approximate surface area is 172 Å². The van der Waals surface area contributed by atoms with Gasteiger partial charge in [0.2, 0.25) is 5.89 Å². The molecule has 11 heteroatoms. The summed E-state index contributed by atoms with van der Waals surface area (Å²) in [6.45, 7) is -0.458. The third-order valence-corrected chi connectivity index (χ3v) is 5.41. The molecule has 4 aromatic rings. The number of carbonyl (C=O) groups excluding carboxylic acids is 2. The molecular weight excluding hydrogens is 414 g/mol. The quantitative estimate of drug-likeness (QED) is 0.269. The Morgan fingerprint density at radius 2 is 2.00 bits per heavy atom. The zero-order valence-electron chi connectivity index (χ0n) is 14.8. The highest BCUT2D eigenvalue weighted by Gasteiger charge is 2.14. The first kappa shape index (κ1) is 19.0. The van der Waals surface area contributed by atoms with Crippen molar-refractivity contribution in [1.29, 1.82) is 0 Å². The molecule has 0 spiro atoms. The van der Waals surface area contributed by atoms with Gasteiger partial charge in [-0.3, -0.25) is 14.9 Å². The SMILES string of the molecule is O=C(COC(=O)CSc1ncnc2sccc12)Nc1nnc(-c2ccccc2)o1. The fourth-order valence-electron chi connectivity index (χ4n) is 2.32. The average molecular weight is 427 g/mol. The van der Waals surface area contributed by atoms with Gasteiger partial charge in [-0.1, -0.05) is 35.1 Å². The van der Waals surface area contributed by atoms with Gasteiger partial charge in [0.05, 0.1) is 5.75 Å². The minimum atomic E-state index is -0.575. The molecule has 1 N–H and O–H groups in total. The van der Waals surface area contributed by atoms with Crippen LogP contribution in [0.2, 0.25) is 0 Å². The molecule has 0 fully saturated rings. The molecule has 0 aliphatic rings. The summed E-state index contributed by atoms with van der Waals surface area (Å²) in [5.74, 6) is -0.816. The molecule has 0 aliphatic carbocycles. The molecule has 3 heterocycles. The number of nitrogens with zero attached hydrogens (tertiary/aromatic N) is 4. The van der Waals surface area contributed by atoms with Gasteiger partial charge in [0.15, 0.2) is 6.61 Å². The van der Waals surface area contributed by atoms with E-state index in [-0.39, 0.29) is 17.7 Å². The number of amides is 1. The number of thiophene rings is 1. The zero-order valence-corrected chi connectivity index (χ0v) is 16.4. The summed E-state index contributed by atoms with van der Waals surface area (Å²) in [7, 11) is 0. The Balaban J connectivity index is 1.25. The lowest BCUT2D eigenvalue weighted by atomic mass is 10.2. The number of fused-ring (bicyclic) bond motifs is 1. The number of rotatable bonds is 7. The second kappa shape index (κ2) is 8.80. The van der Waals surface area contributed by atoms with E-state index >= 15 is 0 Å². The summed E-state index contributed by atoms with van der Waals surface area (Å²) in [5.41, 5.74) is 0.730. The van der Waals surface area contributed by atoms with E-state index in [4.69, 9.17) is 9.15 Å². The Morgan fingerprint density at radius 1 is 1.14 bits per heavy atom. The first-order chi connectivity index (χ1) is 14.2. The van der Waals surface area contributed by atoms with Crippen molar-refractivity contribution in [2.45, 2.75) is 5.03 Å². The number of anilines is 1. The standard InChI is InChI=1S/C18H13N5O4S2/c24-13(21-18-23-22-15(27-18)11-4-2-1-3-5-11)8-26-14(25)9-29-17-12-6-7-28-16(12)19-10-20-17/h1-7,10H,8-9H2,(H,21,23,24). The van der Waals surface area contributed by atoms with Crippen molar-refractivity contribution in [3.05, 3.63) is 48.1 Å². The van der Waals surface area contributed by atoms with Gasteiger partial charge in [0, 0.05) is 10.9 Å². The first-order valence-electron chi connectivity index (χ1n) is 8.34. The number of esters is 1. The lowest BCUT2D eigenvalue weighted by molar-refractivity contribution is -0.144. The summed E-state index contributed by atoms with van der Waals surface area (Å²) in [6.07, 6.45) is 1.45. The number of benzene rings is 1. The summed E-state index contributed by atoms with van der Waals surface area (Å²) in [5, 5.41) is 13.5. The maximum absolute atomic E-state index is 11.9. The third-order valence-electron chi connectivity index (χ3n) is 3.61. The van der Waals surface area contributed by atoms with Crippen LogP contribution in [0.15, 0.2) is 57.5 Å². The fraction of sp³-hybridized carbons (Fsp3) is 0.111. The van der Waals surface area contributed by atoms with E-state index in [1.165, 1.54) is 29.4 Å². The average Bonchev–Trinajstić information content (AvgIpc) is 3.41. The van der Waals surface area contributed by atoms with Gasteiger partial charge >= 0.3 is 12.0 Å². The van der Waals surface area contributed by atoms with Crippen molar-refractivity contribution >= 4 is 51.2 Å². The number of hydrogen-bond acceptors (Lipinski definition) is 10. The smallest absolute Gasteiger partial charge is 0.322 e. The Bertz CT molecular complexity index is 1150. The van der Waals surface area contributed by atoms with Gasteiger partial charge in [-0.25, -0.2) is 9.97 Å². The van der Waals surface area contributed by atoms with Crippen molar-refractivity contribution in [3.63, 3.8) is 0 Å². The molecule has 0 radical (unpaired) electrons. The zero-order chi connectivity index (χ0) is 20.1. The molecule has 0 bridgehead atoms. The predicted octanol–water partition coefficient (Wildman–Crippen LogP) is 3.02. The molecule has 0 saturated heterocycles. The molecule has 146 valence electrons. The lowest BCUT2D eigenvalue weighted by Gasteiger charge is -2.04. The van der Waals surface area contributed by atoms with Gasteiger partial charge < -0.3 is 9.15 Å². The topological polar surface area (TPSA) is 120 Å². The number of thioether (sulfide) groups is 1. The number of aromatic nitrogens is 4. The molecule has 29 heavy (non-hydrogen) atoms. The maximum atomic E-state index is 11.9. The van der Waals surface area contributed by atoms with Crippen molar-refractivity contribution < 1.29 is 18.7 Å². The third kappa shape index (κ3) is 4.76. The molecule has 0 saturated carbocycles. The molecule has 9 nitrogen and oxygen atoms in total. The number of carbonyl (C=O) groups is 2. The maximum Gasteiger partial charge on any atom is 0.322 e. The lowest BCUT2D eigenvalue weighted by Crippen LogP contribution is -2.21. The fourth-order valence-corrected chi connectivity index (χ4v) is 3.90. The van der Waals surface area contributed by atoms with E-state index in [9.17, 15) is 9.59 Å². The largest absolute Gasteiger partial charge is 0.455 e. The van der Waals surface area contributed by atoms with E-state index in [2.05, 4.69) is 25.5 Å². The summed E-state index contributed by atoms with van der Waals surface area (Å²) in [6, 6.07) is 11.0. The second-order valence-corrected chi connectivity index (χ2v) is 7.45. The highest BCUT2D eigenvalue weighted by molar-refractivity contribution is 8.00. The van der Waals surface area contributed by atoms with Gasteiger partial charge in [-0.2, -0.15) is 0 Å². The van der Waals surface area contributed by atoms with E-state index in [1.807, 2.05) is 29.6 Å². The van der Waals surface area contributed by atoms with Gasteiger partial charge in [-0.05, 0) is 23.6 Å². The Morgan fingerprint density at radius 3 is 2.86 bits per heavy atom.